The van der Waals surface area contributed by atoms with Gasteiger partial charge in [-0.05, 0) is 70.6 Å². The van der Waals surface area contributed by atoms with Crippen LogP contribution in [0.4, 0.5) is 0 Å². The van der Waals surface area contributed by atoms with Crippen molar-refractivity contribution in [3.63, 3.8) is 0 Å². The smallest absolute Gasteiger partial charge is 0.306 e. The third-order valence-electron chi connectivity index (χ3n) is 16.2. The van der Waals surface area contributed by atoms with Crippen LogP contribution < -0.4 is 0 Å². The van der Waals surface area contributed by atoms with Gasteiger partial charge in [0.05, 0.1) is 0 Å². The lowest BCUT2D eigenvalue weighted by Gasteiger charge is -2.18. The Morgan fingerprint density at radius 1 is 0.244 bits per heavy atom. The Morgan fingerprint density at radius 3 is 0.641 bits per heavy atom. The monoisotopic (exact) mass is 1100 g/mol. The van der Waals surface area contributed by atoms with Crippen molar-refractivity contribution in [3.8, 4) is 0 Å². The molecule has 0 N–H and O–H groups in total. The fourth-order valence-electron chi connectivity index (χ4n) is 10.8. The van der Waals surface area contributed by atoms with Gasteiger partial charge in [-0.3, -0.25) is 14.4 Å². The maximum Gasteiger partial charge on any atom is 0.306 e. The molecule has 0 radical (unpaired) electrons. The minimum absolute atomic E-state index is 0.0691. The topological polar surface area (TPSA) is 78.9 Å². The predicted molar refractivity (Wildman–Crippen MR) is 340 cm³/mol. The van der Waals surface area contributed by atoms with E-state index in [4.69, 9.17) is 14.2 Å². The second-order valence-corrected chi connectivity index (χ2v) is 24.1. The molecule has 0 rings (SSSR count). The first-order valence-electron chi connectivity index (χ1n) is 35.3. The lowest BCUT2D eigenvalue weighted by Crippen LogP contribution is -2.30. The Kier molecular flexibility index (Phi) is 65.6. The molecule has 0 fully saturated rings. The van der Waals surface area contributed by atoms with E-state index in [0.29, 0.717) is 19.3 Å². The molecular formula is C72H136O6. The summed E-state index contributed by atoms with van der Waals surface area (Å²) in [5.74, 6) is -0.848. The van der Waals surface area contributed by atoms with Gasteiger partial charge in [-0.15, -0.1) is 0 Å². The summed E-state index contributed by atoms with van der Waals surface area (Å²) >= 11 is 0. The zero-order valence-electron chi connectivity index (χ0n) is 53.0. The Bertz CT molecular complexity index is 1260. The van der Waals surface area contributed by atoms with Crippen molar-refractivity contribution in [1.29, 1.82) is 0 Å². The molecule has 0 heterocycles. The Balaban J connectivity index is 4.29. The molecule has 0 aromatic heterocycles. The normalized spacial score (nSPS) is 12.1. The Labute approximate surface area is 487 Å². The summed E-state index contributed by atoms with van der Waals surface area (Å²) in [5, 5.41) is 0. The van der Waals surface area contributed by atoms with Crippen molar-refractivity contribution in [2.24, 2.45) is 0 Å². The third kappa shape index (κ3) is 64.7. The molecule has 1 atom stereocenters. The maximum absolute atomic E-state index is 13.0. The average molecular weight is 1100 g/mol. The van der Waals surface area contributed by atoms with Crippen LogP contribution in [-0.2, 0) is 28.6 Å². The first-order valence-corrected chi connectivity index (χ1v) is 35.3. The van der Waals surface area contributed by atoms with Gasteiger partial charge < -0.3 is 14.2 Å². The van der Waals surface area contributed by atoms with Gasteiger partial charge in [0, 0.05) is 19.3 Å². The molecule has 0 aliphatic heterocycles. The molecule has 460 valence electrons. The number of carbonyl (C=O) groups is 3. The zero-order valence-corrected chi connectivity index (χ0v) is 53.0. The van der Waals surface area contributed by atoms with Crippen LogP contribution in [0.1, 0.15) is 400 Å². The lowest BCUT2D eigenvalue weighted by molar-refractivity contribution is -0.167. The summed E-state index contributed by atoms with van der Waals surface area (Å²) < 4.78 is 17.0. The first-order chi connectivity index (χ1) is 38.5. The van der Waals surface area contributed by atoms with E-state index in [1.54, 1.807) is 0 Å². The molecule has 6 nitrogen and oxygen atoms in total. The average Bonchev–Trinajstić information content (AvgIpc) is 3.44. The summed E-state index contributed by atoms with van der Waals surface area (Å²) in [7, 11) is 0. The second kappa shape index (κ2) is 67.4. The van der Waals surface area contributed by atoms with Crippen LogP contribution >= 0.6 is 0 Å². The van der Waals surface area contributed by atoms with E-state index in [1.807, 2.05) is 0 Å². The molecule has 0 bridgehead atoms. The molecule has 0 spiro atoms. The van der Waals surface area contributed by atoms with E-state index in [-0.39, 0.29) is 31.1 Å². The largest absolute Gasteiger partial charge is 0.462 e. The number of ether oxygens (including phenoxy) is 3. The molecular weight excluding hydrogens is 961 g/mol. The number of carbonyl (C=O) groups excluding carboxylic acids is 3. The van der Waals surface area contributed by atoms with Crippen molar-refractivity contribution >= 4 is 17.9 Å². The summed E-state index contributed by atoms with van der Waals surface area (Å²) in [6.45, 7) is 6.71. The zero-order chi connectivity index (χ0) is 56.4. The molecule has 0 aromatic rings. The molecule has 0 saturated carbocycles. The van der Waals surface area contributed by atoms with Crippen molar-refractivity contribution in [1.82, 2.24) is 0 Å². The van der Waals surface area contributed by atoms with E-state index < -0.39 is 6.10 Å². The number of esters is 3. The van der Waals surface area contributed by atoms with Crippen LogP contribution in [0.3, 0.4) is 0 Å². The third-order valence-corrected chi connectivity index (χ3v) is 16.2. The summed E-state index contributed by atoms with van der Waals surface area (Å²) in [4.78, 5) is 38.4. The highest BCUT2D eigenvalue weighted by Gasteiger charge is 2.19. The van der Waals surface area contributed by atoms with Crippen molar-refractivity contribution in [3.05, 3.63) is 24.3 Å². The standard InChI is InChI=1S/C72H136O6/c1-4-7-10-13-16-19-22-25-28-31-33-35-36-38-39-41-44-47-50-53-56-59-62-65-71(74)77-68-69(67-76-70(73)64-61-58-55-52-49-46-43-30-27-24-21-18-15-12-9-6-3)78-72(75)66-63-60-57-54-51-48-45-42-40-37-34-32-29-26-23-20-17-14-11-8-5-2/h30,32,34,43,69H,4-29,31,33,35-42,44-68H2,1-3H3/b34-32-,43-30-. The minimum Gasteiger partial charge on any atom is -0.462 e. The SMILES string of the molecule is CCCCCCCCC/C=C\CCCCCCCC(=O)OCC(COC(=O)CCCCCCCCCCCCCCCCCCCCCCCCC)OC(=O)CCCCCCCCCCC/C=C\CCCCCCCCCC. The van der Waals surface area contributed by atoms with Gasteiger partial charge in [0.25, 0.3) is 0 Å². The minimum atomic E-state index is -0.774. The Hall–Kier alpha value is -2.11. The molecule has 1 unspecified atom stereocenters. The predicted octanol–water partition coefficient (Wildman–Crippen LogP) is 24.2. The first kappa shape index (κ1) is 75.9. The number of hydrogen-bond donors (Lipinski definition) is 0. The van der Waals surface area contributed by atoms with Gasteiger partial charge in [-0.25, -0.2) is 0 Å². The summed E-state index contributed by atoms with van der Waals surface area (Å²) in [6, 6.07) is 0. The van der Waals surface area contributed by atoms with Gasteiger partial charge in [-0.2, -0.15) is 0 Å². The van der Waals surface area contributed by atoms with E-state index in [2.05, 4.69) is 45.1 Å². The van der Waals surface area contributed by atoms with E-state index in [0.717, 1.165) is 64.2 Å². The second-order valence-electron chi connectivity index (χ2n) is 24.1. The van der Waals surface area contributed by atoms with Crippen molar-refractivity contribution in [2.75, 3.05) is 13.2 Å². The maximum atomic E-state index is 13.0. The van der Waals surface area contributed by atoms with Gasteiger partial charge in [0.15, 0.2) is 6.10 Å². The molecule has 78 heavy (non-hydrogen) atoms. The van der Waals surface area contributed by atoms with Crippen LogP contribution in [0, 0.1) is 0 Å². The van der Waals surface area contributed by atoms with Crippen LogP contribution in [0.5, 0.6) is 0 Å². The van der Waals surface area contributed by atoms with Crippen molar-refractivity contribution in [2.45, 2.75) is 406 Å². The number of rotatable bonds is 66. The highest BCUT2D eigenvalue weighted by Crippen LogP contribution is 2.18. The van der Waals surface area contributed by atoms with Gasteiger partial charge in [-0.1, -0.05) is 334 Å². The Morgan fingerprint density at radius 2 is 0.423 bits per heavy atom. The van der Waals surface area contributed by atoms with E-state index in [1.165, 1.54) is 295 Å². The van der Waals surface area contributed by atoms with Gasteiger partial charge >= 0.3 is 17.9 Å². The molecule has 0 aliphatic rings. The fraction of sp³-hybridized carbons (Fsp3) is 0.903. The molecule has 0 saturated heterocycles. The van der Waals surface area contributed by atoms with Crippen LogP contribution in [0.15, 0.2) is 24.3 Å². The number of hydrogen-bond acceptors (Lipinski definition) is 6. The summed E-state index contributed by atoms with van der Waals surface area (Å²) in [6.07, 6.45) is 82.0. The summed E-state index contributed by atoms with van der Waals surface area (Å²) in [5.41, 5.74) is 0. The van der Waals surface area contributed by atoms with E-state index >= 15 is 0 Å². The van der Waals surface area contributed by atoms with Crippen LogP contribution in [-0.4, -0.2) is 37.2 Å². The lowest BCUT2D eigenvalue weighted by atomic mass is 10.0. The van der Waals surface area contributed by atoms with Gasteiger partial charge in [0.2, 0.25) is 0 Å². The molecule has 0 aliphatic carbocycles. The molecule has 6 heteroatoms. The van der Waals surface area contributed by atoms with Crippen molar-refractivity contribution < 1.29 is 28.6 Å². The highest BCUT2D eigenvalue weighted by atomic mass is 16.6. The number of unbranched alkanes of at least 4 members (excludes halogenated alkanes) is 51. The van der Waals surface area contributed by atoms with Crippen LogP contribution in [0.25, 0.3) is 0 Å². The van der Waals surface area contributed by atoms with Gasteiger partial charge in [0.1, 0.15) is 13.2 Å². The van der Waals surface area contributed by atoms with Crippen LogP contribution in [0.2, 0.25) is 0 Å². The molecule has 0 amide bonds. The quantitative estimate of drug-likeness (QED) is 0.0261. The molecule has 0 aromatic carbocycles. The fourth-order valence-corrected chi connectivity index (χ4v) is 10.8. The highest BCUT2D eigenvalue weighted by molar-refractivity contribution is 5.71. The van der Waals surface area contributed by atoms with E-state index in [9.17, 15) is 14.4 Å². The number of allylic oxidation sites excluding steroid dienone is 4.